The molecule has 164 valence electrons. The highest BCUT2D eigenvalue weighted by molar-refractivity contribution is 5.78. The average molecular weight is 427 g/mol. The van der Waals surface area contributed by atoms with Gasteiger partial charge in [-0.2, -0.15) is 0 Å². The molecule has 0 atom stereocenters. The lowest BCUT2D eigenvalue weighted by Crippen LogP contribution is -2.38. The maximum absolute atomic E-state index is 14.7. The molecule has 1 aliphatic heterocycles. The van der Waals surface area contributed by atoms with E-state index in [-0.39, 0.29) is 5.82 Å². The first kappa shape index (κ1) is 21.9. The van der Waals surface area contributed by atoms with Crippen molar-refractivity contribution < 1.29 is 4.39 Å². The Morgan fingerprint density at radius 1 is 1.06 bits per heavy atom. The molecular formula is C29H31FN2. The van der Waals surface area contributed by atoms with Gasteiger partial charge in [-0.25, -0.2) is 4.39 Å². The topological polar surface area (TPSA) is 15.3 Å². The Balaban J connectivity index is 1.61. The monoisotopic (exact) mass is 426 g/mol. The van der Waals surface area contributed by atoms with E-state index in [1.54, 1.807) is 6.07 Å². The summed E-state index contributed by atoms with van der Waals surface area (Å²) in [6.45, 7) is 15.6. The maximum Gasteiger partial charge on any atom is 0.128 e. The standard InChI is InChI=1S/C29H31FN2/c1-6-20(3)25-9-7-8-23(15-25)14-24-10-11-29-26(16-24)22(5)31-18-32(29)17-27-21(4)12-19(2)13-28(27)30/h7-13,15-16,31H,3,5-6,14,17-18H2,1-2,4H3. The third-order valence-electron chi connectivity index (χ3n) is 6.29. The molecule has 0 bridgehead atoms. The number of rotatable bonds is 6. The largest absolute Gasteiger partial charge is 0.368 e. The highest BCUT2D eigenvalue weighted by Gasteiger charge is 2.21. The lowest BCUT2D eigenvalue weighted by Gasteiger charge is -2.34. The predicted molar refractivity (Wildman–Crippen MR) is 134 cm³/mol. The Kier molecular flexibility index (Phi) is 6.18. The molecule has 3 aromatic rings. The van der Waals surface area contributed by atoms with E-state index in [2.05, 4.69) is 72.8 Å². The number of allylic oxidation sites excluding steroid dienone is 1. The first-order valence-corrected chi connectivity index (χ1v) is 11.2. The number of nitrogens with one attached hydrogen (secondary N) is 1. The number of anilines is 1. The Morgan fingerprint density at radius 3 is 2.59 bits per heavy atom. The second-order valence-electron chi connectivity index (χ2n) is 8.74. The summed E-state index contributed by atoms with van der Waals surface area (Å²) in [5.74, 6) is -0.140. The van der Waals surface area contributed by atoms with E-state index in [1.165, 1.54) is 16.7 Å². The smallest absolute Gasteiger partial charge is 0.128 e. The molecule has 0 saturated carbocycles. The van der Waals surface area contributed by atoms with E-state index in [1.807, 2.05) is 19.9 Å². The van der Waals surface area contributed by atoms with Gasteiger partial charge in [-0.05, 0) is 78.3 Å². The van der Waals surface area contributed by atoms with Crippen LogP contribution in [0.2, 0.25) is 0 Å². The van der Waals surface area contributed by atoms with Crippen molar-refractivity contribution in [3.05, 3.63) is 113 Å². The van der Waals surface area contributed by atoms with Crippen molar-refractivity contribution in [2.45, 2.75) is 40.2 Å². The second-order valence-corrected chi connectivity index (χ2v) is 8.74. The molecule has 0 amide bonds. The molecule has 0 spiro atoms. The fraction of sp³-hybridized carbons (Fsp3) is 0.241. The van der Waals surface area contributed by atoms with Crippen LogP contribution in [0, 0.1) is 19.7 Å². The van der Waals surface area contributed by atoms with Gasteiger partial charge < -0.3 is 10.2 Å². The number of hydrogen-bond donors (Lipinski definition) is 1. The van der Waals surface area contributed by atoms with E-state index in [0.717, 1.165) is 52.1 Å². The number of benzene rings is 3. The van der Waals surface area contributed by atoms with Gasteiger partial charge >= 0.3 is 0 Å². The van der Waals surface area contributed by atoms with Gasteiger partial charge in [0, 0.05) is 29.1 Å². The third-order valence-corrected chi connectivity index (χ3v) is 6.29. The molecule has 32 heavy (non-hydrogen) atoms. The summed E-state index contributed by atoms with van der Waals surface area (Å²) in [5.41, 5.74) is 10.6. The normalized spacial score (nSPS) is 13.0. The van der Waals surface area contributed by atoms with Crippen LogP contribution in [-0.2, 0) is 13.0 Å². The minimum absolute atomic E-state index is 0.140. The lowest BCUT2D eigenvalue weighted by atomic mass is 9.96. The molecule has 0 radical (unpaired) electrons. The predicted octanol–water partition coefficient (Wildman–Crippen LogP) is 6.99. The van der Waals surface area contributed by atoms with Gasteiger partial charge in [0.05, 0.1) is 6.67 Å². The Labute approximate surface area is 191 Å². The molecule has 0 aromatic heterocycles. The number of nitrogens with zero attached hydrogens (tertiary/aromatic N) is 1. The van der Waals surface area contributed by atoms with Crippen molar-refractivity contribution in [1.29, 1.82) is 0 Å². The number of halogens is 1. The van der Waals surface area contributed by atoms with Crippen LogP contribution >= 0.6 is 0 Å². The fourth-order valence-electron chi connectivity index (χ4n) is 4.40. The summed E-state index contributed by atoms with van der Waals surface area (Å²) in [4.78, 5) is 2.18. The number of fused-ring (bicyclic) bond motifs is 1. The zero-order valence-electron chi connectivity index (χ0n) is 19.3. The second kappa shape index (κ2) is 9.04. The molecule has 0 unspecified atom stereocenters. The molecule has 4 rings (SSSR count). The molecule has 0 fully saturated rings. The van der Waals surface area contributed by atoms with Crippen LogP contribution in [0.4, 0.5) is 10.1 Å². The summed E-state index contributed by atoms with van der Waals surface area (Å²) in [7, 11) is 0. The van der Waals surface area contributed by atoms with Gasteiger partial charge in [0.1, 0.15) is 5.82 Å². The van der Waals surface area contributed by atoms with E-state index in [4.69, 9.17) is 0 Å². The van der Waals surface area contributed by atoms with Crippen molar-refractivity contribution in [3.63, 3.8) is 0 Å². The highest BCUT2D eigenvalue weighted by Crippen LogP contribution is 2.32. The summed E-state index contributed by atoms with van der Waals surface area (Å²) in [6, 6.07) is 18.8. The molecule has 3 aromatic carbocycles. The summed E-state index contributed by atoms with van der Waals surface area (Å²) >= 11 is 0. The maximum atomic E-state index is 14.7. The molecule has 1 N–H and O–H groups in total. The number of hydrogen-bond acceptors (Lipinski definition) is 2. The summed E-state index contributed by atoms with van der Waals surface area (Å²) in [5, 5.41) is 3.38. The number of aryl methyl sites for hydroxylation is 2. The zero-order chi connectivity index (χ0) is 22.8. The van der Waals surface area contributed by atoms with E-state index < -0.39 is 0 Å². The van der Waals surface area contributed by atoms with Crippen LogP contribution in [0.1, 0.15) is 52.3 Å². The van der Waals surface area contributed by atoms with Gasteiger partial charge in [0.15, 0.2) is 0 Å². The minimum Gasteiger partial charge on any atom is -0.368 e. The van der Waals surface area contributed by atoms with Crippen LogP contribution < -0.4 is 10.2 Å². The lowest BCUT2D eigenvalue weighted by molar-refractivity contribution is 0.597. The van der Waals surface area contributed by atoms with Crippen molar-refractivity contribution in [3.8, 4) is 0 Å². The average Bonchev–Trinajstić information content (AvgIpc) is 2.77. The molecule has 0 saturated heterocycles. The van der Waals surface area contributed by atoms with Crippen LogP contribution in [0.15, 0.2) is 67.8 Å². The van der Waals surface area contributed by atoms with Gasteiger partial charge in [-0.1, -0.05) is 56.5 Å². The van der Waals surface area contributed by atoms with Gasteiger partial charge in [0.2, 0.25) is 0 Å². The first-order chi connectivity index (χ1) is 15.4. The van der Waals surface area contributed by atoms with Crippen LogP contribution in [-0.4, -0.2) is 6.67 Å². The molecular weight excluding hydrogens is 395 g/mol. The Bertz CT molecular complexity index is 1170. The van der Waals surface area contributed by atoms with Crippen LogP contribution in [0.25, 0.3) is 11.3 Å². The molecule has 3 heteroatoms. The van der Waals surface area contributed by atoms with Crippen LogP contribution in [0.5, 0.6) is 0 Å². The third kappa shape index (κ3) is 4.47. The van der Waals surface area contributed by atoms with E-state index >= 15 is 0 Å². The van der Waals surface area contributed by atoms with Gasteiger partial charge in [-0.15, -0.1) is 0 Å². The van der Waals surface area contributed by atoms with Crippen LogP contribution in [0.3, 0.4) is 0 Å². The molecule has 2 nitrogen and oxygen atoms in total. The Morgan fingerprint density at radius 2 is 1.84 bits per heavy atom. The van der Waals surface area contributed by atoms with Crippen molar-refractivity contribution >= 4 is 17.0 Å². The molecule has 1 aliphatic rings. The summed E-state index contributed by atoms with van der Waals surface area (Å²) in [6.07, 6.45) is 1.79. The van der Waals surface area contributed by atoms with Gasteiger partial charge in [0.25, 0.3) is 0 Å². The highest BCUT2D eigenvalue weighted by atomic mass is 19.1. The summed E-state index contributed by atoms with van der Waals surface area (Å²) < 4.78 is 14.7. The van der Waals surface area contributed by atoms with Crippen molar-refractivity contribution in [2.75, 3.05) is 11.6 Å². The SMILES string of the molecule is C=C(CC)c1cccc(Cc2ccc3c(c2)C(=C)NCN3Cc2c(C)cc(C)cc2F)c1. The van der Waals surface area contributed by atoms with E-state index in [0.29, 0.717) is 13.2 Å². The molecule has 0 aliphatic carbocycles. The fourth-order valence-corrected chi connectivity index (χ4v) is 4.40. The van der Waals surface area contributed by atoms with Gasteiger partial charge in [-0.3, -0.25) is 0 Å². The van der Waals surface area contributed by atoms with Crippen molar-refractivity contribution in [1.82, 2.24) is 5.32 Å². The van der Waals surface area contributed by atoms with Crippen molar-refractivity contribution in [2.24, 2.45) is 0 Å². The van der Waals surface area contributed by atoms with E-state index in [9.17, 15) is 4.39 Å². The quantitative estimate of drug-likeness (QED) is 0.457. The molecule has 1 heterocycles. The zero-order valence-corrected chi connectivity index (χ0v) is 19.3. The first-order valence-electron chi connectivity index (χ1n) is 11.2. The Hall–Kier alpha value is -3.33. The minimum atomic E-state index is -0.140.